The smallest absolute Gasteiger partial charge is 0.368 e. The summed E-state index contributed by atoms with van der Waals surface area (Å²) in [6.07, 6.45) is -6.91. The molecule has 0 aliphatic heterocycles. The van der Waals surface area contributed by atoms with E-state index in [1.54, 1.807) is 0 Å². The monoisotopic (exact) mass is 470 g/mol. The molecule has 13 heteroatoms. The van der Waals surface area contributed by atoms with Crippen molar-refractivity contribution in [1.82, 2.24) is 4.31 Å². The molecule has 1 aromatic heterocycles. The predicted octanol–water partition coefficient (Wildman–Crippen LogP) is 2.19. The summed E-state index contributed by atoms with van der Waals surface area (Å²) >= 11 is 6.46. The first-order valence-electron chi connectivity index (χ1n) is 8.19. The van der Waals surface area contributed by atoms with Crippen molar-refractivity contribution in [1.29, 1.82) is 0 Å². The van der Waals surface area contributed by atoms with Crippen molar-refractivity contribution in [3.05, 3.63) is 46.0 Å². The number of nitrogens with zero attached hydrogens (tertiary/aromatic N) is 1. The molecule has 1 aromatic carbocycles. The van der Waals surface area contributed by atoms with Gasteiger partial charge in [-0.25, -0.2) is 12.8 Å². The van der Waals surface area contributed by atoms with E-state index in [-0.39, 0.29) is 14.1 Å². The standard InChI is InChI=1S/C16H16BClF4N2O3S2/c17-10-2-1-9(7-11(10)19)8-24(12(15(23)25)5-6-16(20,21)22)29(26,27)14-4-3-13(18)28-14/h1-4,7,12H,5-6,8,17H2,(H2,23,25)/t12-/m1/s1. The molecule has 158 valence electrons. The summed E-state index contributed by atoms with van der Waals surface area (Å²) in [7, 11) is -2.94. The van der Waals surface area contributed by atoms with Crippen LogP contribution in [-0.4, -0.2) is 38.7 Å². The highest BCUT2D eigenvalue weighted by molar-refractivity contribution is 7.91. The zero-order valence-corrected chi connectivity index (χ0v) is 17.4. The van der Waals surface area contributed by atoms with E-state index in [1.807, 2.05) is 0 Å². The maximum atomic E-state index is 13.9. The van der Waals surface area contributed by atoms with Gasteiger partial charge in [-0.3, -0.25) is 4.79 Å². The third-order valence-corrected chi connectivity index (χ3v) is 7.62. The zero-order chi connectivity index (χ0) is 22.0. The average molecular weight is 471 g/mol. The van der Waals surface area contributed by atoms with Gasteiger partial charge in [0, 0.05) is 13.0 Å². The number of thiophene rings is 1. The van der Waals surface area contributed by atoms with Crippen LogP contribution in [0.25, 0.3) is 0 Å². The lowest BCUT2D eigenvalue weighted by atomic mass is 9.94. The molecule has 0 saturated carbocycles. The minimum Gasteiger partial charge on any atom is -0.368 e. The second-order valence-electron chi connectivity index (χ2n) is 6.26. The molecule has 1 heterocycles. The Morgan fingerprint density at radius 1 is 1.28 bits per heavy atom. The number of benzene rings is 1. The fourth-order valence-corrected chi connectivity index (χ4v) is 5.78. The number of sulfonamides is 1. The maximum Gasteiger partial charge on any atom is 0.389 e. The van der Waals surface area contributed by atoms with Gasteiger partial charge in [-0.1, -0.05) is 29.2 Å². The highest BCUT2D eigenvalue weighted by Crippen LogP contribution is 2.32. The first-order valence-corrected chi connectivity index (χ1v) is 10.8. The van der Waals surface area contributed by atoms with Crippen molar-refractivity contribution in [3.8, 4) is 0 Å². The molecule has 29 heavy (non-hydrogen) atoms. The SMILES string of the molecule is Bc1ccc(CN([C@H](CCC(F)(F)F)C(N)=O)S(=O)(=O)c2ccc(Cl)s2)cc1F. The summed E-state index contributed by atoms with van der Waals surface area (Å²) in [6.45, 7) is -0.541. The van der Waals surface area contributed by atoms with Crippen molar-refractivity contribution in [2.75, 3.05) is 0 Å². The van der Waals surface area contributed by atoms with Crippen LogP contribution in [0.2, 0.25) is 4.34 Å². The number of halogens is 5. The third kappa shape index (κ3) is 6.18. The van der Waals surface area contributed by atoms with Crippen LogP contribution in [0.3, 0.4) is 0 Å². The Morgan fingerprint density at radius 2 is 1.93 bits per heavy atom. The van der Waals surface area contributed by atoms with E-state index in [4.69, 9.17) is 17.3 Å². The van der Waals surface area contributed by atoms with E-state index < -0.39 is 53.4 Å². The van der Waals surface area contributed by atoms with Crippen LogP contribution < -0.4 is 11.2 Å². The number of rotatable bonds is 8. The van der Waals surface area contributed by atoms with Crippen molar-refractivity contribution >= 4 is 52.2 Å². The van der Waals surface area contributed by atoms with Crippen LogP contribution in [0.5, 0.6) is 0 Å². The van der Waals surface area contributed by atoms with Crippen LogP contribution in [0.1, 0.15) is 18.4 Å². The summed E-state index contributed by atoms with van der Waals surface area (Å²) in [5.41, 5.74) is 5.70. The number of primary amides is 1. The van der Waals surface area contributed by atoms with Crippen molar-refractivity contribution < 1.29 is 30.8 Å². The van der Waals surface area contributed by atoms with Gasteiger partial charge in [-0.05, 0) is 30.2 Å². The topological polar surface area (TPSA) is 80.5 Å². The molecular weight excluding hydrogens is 455 g/mol. The average Bonchev–Trinajstić information content (AvgIpc) is 3.03. The Balaban J connectivity index is 2.50. The van der Waals surface area contributed by atoms with Gasteiger partial charge in [-0.15, -0.1) is 11.3 Å². The summed E-state index contributed by atoms with van der Waals surface area (Å²) in [4.78, 5) is 11.9. The molecule has 0 saturated heterocycles. The van der Waals surface area contributed by atoms with Crippen LogP contribution in [-0.2, 0) is 21.4 Å². The summed E-state index contributed by atoms with van der Waals surface area (Å²) in [5.74, 6) is -1.86. The first kappa shape index (κ1) is 23.7. The highest BCUT2D eigenvalue weighted by atomic mass is 35.5. The van der Waals surface area contributed by atoms with E-state index in [0.717, 1.165) is 6.07 Å². The number of hydrogen-bond acceptors (Lipinski definition) is 4. The third-order valence-electron chi connectivity index (χ3n) is 4.06. The Morgan fingerprint density at radius 3 is 2.41 bits per heavy atom. The second kappa shape index (κ2) is 9.03. The van der Waals surface area contributed by atoms with Crippen LogP contribution in [0.15, 0.2) is 34.5 Å². The van der Waals surface area contributed by atoms with E-state index in [9.17, 15) is 30.8 Å². The van der Waals surface area contributed by atoms with E-state index in [0.29, 0.717) is 21.1 Å². The molecule has 0 bridgehead atoms. The molecule has 1 amide bonds. The van der Waals surface area contributed by atoms with Gasteiger partial charge in [0.1, 0.15) is 23.9 Å². The van der Waals surface area contributed by atoms with Crippen LogP contribution >= 0.6 is 22.9 Å². The van der Waals surface area contributed by atoms with Crippen molar-refractivity contribution in [3.63, 3.8) is 0 Å². The van der Waals surface area contributed by atoms with Gasteiger partial charge in [0.15, 0.2) is 0 Å². The van der Waals surface area contributed by atoms with E-state index >= 15 is 0 Å². The fraction of sp³-hybridized carbons (Fsp3) is 0.312. The first-order chi connectivity index (χ1) is 13.3. The van der Waals surface area contributed by atoms with Gasteiger partial charge >= 0.3 is 6.18 Å². The van der Waals surface area contributed by atoms with Crippen molar-refractivity contribution in [2.24, 2.45) is 5.73 Å². The lowest BCUT2D eigenvalue weighted by Gasteiger charge is -2.29. The maximum absolute atomic E-state index is 13.9. The number of amides is 1. The lowest BCUT2D eigenvalue weighted by Crippen LogP contribution is -2.47. The normalized spacial score (nSPS) is 13.6. The number of hydrogen-bond donors (Lipinski definition) is 1. The Bertz CT molecular complexity index is 998. The molecule has 0 spiro atoms. The molecule has 0 unspecified atom stereocenters. The predicted molar refractivity (Wildman–Crippen MR) is 105 cm³/mol. The molecule has 0 fully saturated rings. The Labute approximate surface area is 174 Å². The summed E-state index contributed by atoms with van der Waals surface area (Å²) < 4.78 is 78.6. The van der Waals surface area contributed by atoms with E-state index in [1.165, 1.54) is 32.1 Å². The minimum absolute atomic E-state index is 0.135. The summed E-state index contributed by atoms with van der Waals surface area (Å²) in [6, 6.07) is 4.56. The largest absolute Gasteiger partial charge is 0.389 e. The Hall–Kier alpha value is -1.63. The van der Waals surface area contributed by atoms with Gasteiger partial charge in [0.2, 0.25) is 5.91 Å². The van der Waals surface area contributed by atoms with Crippen LogP contribution in [0.4, 0.5) is 17.6 Å². The molecule has 0 aliphatic rings. The van der Waals surface area contributed by atoms with Gasteiger partial charge < -0.3 is 5.73 Å². The van der Waals surface area contributed by atoms with Crippen molar-refractivity contribution in [2.45, 2.75) is 35.8 Å². The highest BCUT2D eigenvalue weighted by Gasteiger charge is 2.38. The van der Waals surface area contributed by atoms with Gasteiger partial charge in [0.05, 0.1) is 4.34 Å². The number of carbonyl (C=O) groups is 1. The molecular formula is C16H16BClF4N2O3S2. The lowest BCUT2D eigenvalue weighted by molar-refractivity contribution is -0.140. The fourth-order valence-electron chi connectivity index (χ4n) is 2.56. The van der Waals surface area contributed by atoms with Crippen LogP contribution in [0, 0.1) is 5.82 Å². The minimum atomic E-state index is -4.62. The number of alkyl halides is 3. The number of carbonyl (C=O) groups excluding carboxylic acids is 1. The molecule has 0 aliphatic carbocycles. The number of nitrogens with two attached hydrogens (primary N) is 1. The molecule has 1 atom stereocenters. The molecule has 2 N–H and O–H groups in total. The summed E-state index contributed by atoms with van der Waals surface area (Å²) in [5, 5.41) is 0. The van der Waals surface area contributed by atoms with E-state index in [2.05, 4.69) is 0 Å². The molecule has 0 radical (unpaired) electrons. The zero-order valence-electron chi connectivity index (χ0n) is 15.0. The molecule has 5 nitrogen and oxygen atoms in total. The molecule has 2 rings (SSSR count). The van der Waals surface area contributed by atoms with Gasteiger partial charge in [0.25, 0.3) is 10.0 Å². The Kier molecular flexibility index (Phi) is 7.36. The quantitative estimate of drug-likeness (QED) is 0.474. The van der Waals surface area contributed by atoms with Gasteiger partial charge in [-0.2, -0.15) is 17.5 Å². The second-order valence-corrected chi connectivity index (χ2v) is 10.1. The molecule has 2 aromatic rings.